The van der Waals surface area contributed by atoms with Gasteiger partial charge in [0.2, 0.25) is 5.91 Å². The number of nitrogens with one attached hydrogen (secondary N) is 2. The molecule has 6 heteroatoms. The van der Waals surface area contributed by atoms with Crippen LogP contribution in [0, 0.1) is 12.3 Å². The molecular weight excluding hydrogens is 350 g/mol. The van der Waals surface area contributed by atoms with Gasteiger partial charge in [-0.15, -0.1) is 0 Å². The minimum Gasteiger partial charge on any atom is -0.349 e. The predicted molar refractivity (Wildman–Crippen MR) is 108 cm³/mol. The zero-order valence-corrected chi connectivity index (χ0v) is 16.7. The lowest BCUT2D eigenvalue weighted by Gasteiger charge is -2.36. The van der Waals surface area contributed by atoms with Gasteiger partial charge in [0.05, 0.1) is 29.8 Å². The van der Waals surface area contributed by atoms with Gasteiger partial charge in [0.1, 0.15) is 0 Å². The smallest absolute Gasteiger partial charge is 0.220 e. The van der Waals surface area contributed by atoms with Crippen molar-refractivity contribution < 1.29 is 4.79 Å². The van der Waals surface area contributed by atoms with E-state index in [2.05, 4.69) is 53.1 Å². The molecule has 0 fully saturated rings. The molecule has 2 aromatic heterocycles. The summed E-state index contributed by atoms with van der Waals surface area (Å²) in [6, 6.07) is 8.28. The van der Waals surface area contributed by atoms with Crippen molar-refractivity contribution in [3.05, 3.63) is 65.2 Å². The fraction of sp³-hybridized carbons (Fsp3) is 0.409. The minimum atomic E-state index is -0.00614. The van der Waals surface area contributed by atoms with Crippen LogP contribution in [0.25, 0.3) is 5.69 Å². The van der Waals surface area contributed by atoms with Crippen molar-refractivity contribution >= 4 is 5.91 Å². The van der Waals surface area contributed by atoms with Crippen molar-refractivity contribution in [2.75, 3.05) is 0 Å². The SMILES string of the molecule is Cc1ccccc1-n1ncc2c1CC(C)(C)CC2NC(=O)CCc1cn[nH]c1. The summed E-state index contributed by atoms with van der Waals surface area (Å²) in [6.07, 6.45) is 8.53. The summed E-state index contributed by atoms with van der Waals surface area (Å²) < 4.78 is 2.05. The maximum Gasteiger partial charge on any atom is 0.220 e. The average Bonchev–Trinajstić information content (AvgIpc) is 3.29. The van der Waals surface area contributed by atoms with Crippen LogP contribution < -0.4 is 5.32 Å². The lowest BCUT2D eigenvalue weighted by atomic mass is 9.74. The highest BCUT2D eigenvalue weighted by molar-refractivity contribution is 5.76. The number of rotatable bonds is 5. The Morgan fingerprint density at radius 1 is 1.32 bits per heavy atom. The van der Waals surface area contributed by atoms with E-state index in [9.17, 15) is 4.79 Å². The molecule has 2 heterocycles. The van der Waals surface area contributed by atoms with E-state index in [4.69, 9.17) is 5.10 Å². The van der Waals surface area contributed by atoms with Crippen molar-refractivity contribution in [2.24, 2.45) is 5.41 Å². The van der Waals surface area contributed by atoms with Gasteiger partial charge in [0, 0.05) is 18.2 Å². The Morgan fingerprint density at radius 3 is 2.89 bits per heavy atom. The second-order valence-corrected chi connectivity index (χ2v) is 8.52. The fourth-order valence-corrected chi connectivity index (χ4v) is 4.12. The molecular formula is C22H27N5O. The van der Waals surface area contributed by atoms with Gasteiger partial charge in [-0.3, -0.25) is 9.89 Å². The number of aromatic amines is 1. The van der Waals surface area contributed by atoms with Crippen LogP contribution in [-0.2, 0) is 17.6 Å². The molecule has 0 saturated heterocycles. The van der Waals surface area contributed by atoms with E-state index in [1.165, 1.54) is 11.3 Å². The number of nitrogens with zero attached hydrogens (tertiary/aromatic N) is 3. The number of hydrogen-bond donors (Lipinski definition) is 2. The highest BCUT2D eigenvalue weighted by Gasteiger charge is 2.36. The zero-order chi connectivity index (χ0) is 19.7. The number of para-hydroxylation sites is 1. The Bertz CT molecular complexity index is 971. The summed E-state index contributed by atoms with van der Waals surface area (Å²) in [5, 5.41) is 14.7. The predicted octanol–water partition coefficient (Wildman–Crippen LogP) is 3.67. The Kier molecular flexibility index (Phi) is 4.79. The van der Waals surface area contributed by atoms with Crippen LogP contribution in [0.15, 0.2) is 42.9 Å². The van der Waals surface area contributed by atoms with Crippen LogP contribution in [0.5, 0.6) is 0 Å². The number of carbonyl (C=O) groups excluding carboxylic acids is 1. The monoisotopic (exact) mass is 377 g/mol. The van der Waals surface area contributed by atoms with Crippen molar-refractivity contribution in [2.45, 2.75) is 52.5 Å². The molecule has 0 aliphatic heterocycles. The number of aryl methyl sites for hydroxylation is 2. The normalized spacial score (nSPS) is 17.9. The Hall–Kier alpha value is -2.89. The lowest BCUT2D eigenvalue weighted by molar-refractivity contribution is -0.122. The quantitative estimate of drug-likeness (QED) is 0.712. The van der Waals surface area contributed by atoms with Gasteiger partial charge >= 0.3 is 0 Å². The van der Waals surface area contributed by atoms with E-state index in [0.29, 0.717) is 12.8 Å². The molecule has 146 valence electrons. The van der Waals surface area contributed by atoms with E-state index in [0.717, 1.165) is 29.7 Å². The minimum absolute atomic E-state index is 0.00614. The number of benzene rings is 1. The van der Waals surface area contributed by atoms with Crippen molar-refractivity contribution in [3.63, 3.8) is 0 Å². The molecule has 28 heavy (non-hydrogen) atoms. The number of carbonyl (C=O) groups is 1. The Balaban J connectivity index is 1.57. The van der Waals surface area contributed by atoms with Gasteiger partial charge in [-0.1, -0.05) is 32.0 Å². The third kappa shape index (κ3) is 3.72. The van der Waals surface area contributed by atoms with Crippen LogP contribution >= 0.6 is 0 Å². The molecule has 1 aliphatic carbocycles. The molecule has 1 aromatic carbocycles. The van der Waals surface area contributed by atoms with Crippen molar-refractivity contribution in [1.82, 2.24) is 25.3 Å². The van der Waals surface area contributed by atoms with Crippen LogP contribution in [-0.4, -0.2) is 25.9 Å². The first kappa shape index (κ1) is 18.5. The molecule has 2 N–H and O–H groups in total. The van der Waals surface area contributed by atoms with Crippen LogP contribution in [0.4, 0.5) is 0 Å². The molecule has 0 spiro atoms. The van der Waals surface area contributed by atoms with E-state index >= 15 is 0 Å². The van der Waals surface area contributed by atoms with Crippen molar-refractivity contribution in [3.8, 4) is 5.69 Å². The van der Waals surface area contributed by atoms with Gasteiger partial charge in [0.25, 0.3) is 0 Å². The first-order valence-electron chi connectivity index (χ1n) is 9.83. The fourth-order valence-electron chi connectivity index (χ4n) is 4.12. The van der Waals surface area contributed by atoms with Crippen LogP contribution in [0.1, 0.15) is 55.1 Å². The molecule has 1 unspecified atom stereocenters. The molecule has 0 bridgehead atoms. The molecule has 4 rings (SSSR count). The van der Waals surface area contributed by atoms with E-state index < -0.39 is 0 Å². The summed E-state index contributed by atoms with van der Waals surface area (Å²) in [6.45, 7) is 6.62. The van der Waals surface area contributed by atoms with Gasteiger partial charge in [-0.2, -0.15) is 10.2 Å². The average molecular weight is 377 g/mol. The summed E-state index contributed by atoms with van der Waals surface area (Å²) in [5.41, 5.74) is 5.77. The third-order valence-electron chi connectivity index (χ3n) is 5.55. The largest absolute Gasteiger partial charge is 0.349 e. The molecule has 0 saturated carbocycles. The summed E-state index contributed by atoms with van der Waals surface area (Å²) in [7, 11) is 0. The second kappa shape index (κ2) is 7.26. The van der Waals surface area contributed by atoms with Gasteiger partial charge in [0.15, 0.2) is 0 Å². The van der Waals surface area contributed by atoms with E-state index in [1.54, 1.807) is 6.20 Å². The van der Waals surface area contributed by atoms with Crippen LogP contribution in [0.2, 0.25) is 0 Å². The molecule has 1 aliphatic rings. The molecule has 3 aromatic rings. The van der Waals surface area contributed by atoms with Gasteiger partial charge in [-0.05, 0) is 48.8 Å². The Morgan fingerprint density at radius 2 is 2.14 bits per heavy atom. The summed E-state index contributed by atoms with van der Waals surface area (Å²) in [5.74, 6) is 0.0680. The number of aromatic nitrogens is 4. The molecule has 1 atom stereocenters. The molecule has 1 amide bonds. The highest BCUT2D eigenvalue weighted by atomic mass is 16.1. The third-order valence-corrected chi connectivity index (χ3v) is 5.55. The molecule has 6 nitrogen and oxygen atoms in total. The number of H-pyrrole nitrogens is 1. The highest BCUT2D eigenvalue weighted by Crippen LogP contribution is 2.41. The van der Waals surface area contributed by atoms with E-state index in [-0.39, 0.29) is 17.4 Å². The Labute approximate surface area is 165 Å². The number of hydrogen-bond acceptors (Lipinski definition) is 3. The molecule has 0 radical (unpaired) electrons. The van der Waals surface area contributed by atoms with Gasteiger partial charge < -0.3 is 5.32 Å². The lowest BCUT2D eigenvalue weighted by Crippen LogP contribution is -2.36. The number of amides is 1. The first-order chi connectivity index (χ1) is 13.4. The van der Waals surface area contributed by atoms with E-state index in [1.807, 2.05) is 24.5 Å². The summed E-state index contributed by atoms with van der Waals surface area (Å²) in [4.78, 5) is 12.6. The topological polar surface area (TPSA) is 75.6 Å². The number of fused-ring (bicyclic) bond motifs is 1. The van der Waals surface area contributed by atoms with Crippen LogP contribution in [0.3, 0.4) is 0 Å². The second-order valence-electron chi connectivity index (χ2n) is 8.52. The maximum absolute atomic E-state index is 12.6. The zero-order valence-electron chi connectivity index (χ0n) is 16.7. The first-order valence-corrected chi connectivity index (χ1v) is 9.83. The van der Waals surface area contributed by atoms with Gasteiger partial charge in [-0.25, -0.2) is 4.68 Å². The van der Waals surface area contributed by atoms with Crippen molar-refractivity contribution in [1.29, 1.82) is 0 Å². The summed E-state index contributed by atoms with van der Waals surface area (Å²) >= 11 is 0. The maximum atomic E-state index is 12.6. The standard InChI is InChI=1S/C22H27N5O/c1-15-6-4-5-7-19(15)27-20-11-22(2,3)10-18(17(20)14-25-27)26-21(28)9-8-16-12-23-24-13-16/h4-7,12-14,18H,8-11H2,1-3H3,(H,23,24)(H,26,28).